The van der Waals surface area contributed by atoms with Crippen molar-refractivity contribution >= 4 is 38.0 Å². The third-order valence-electron chi connectivity index (χ3n) is 8.29. The van der Waals surface area contributed by atoms with Crippen LogP contribution in [0.2, 0.25) is 0 Å². The van der Waals surface area contributed by atoms with Crippen molar-refractivity contribution < 1.29 is 13.2 Å². The molecular formula is C26H26N6O3S. The number of pyridine rings is 1. The topological polar surface area (TPSA) is 137 Å². The summed E-state index contributed by atoms with van der Waals surface area (Å²) in [7, 11) is -3.85. The number of fused-ring (bicyclic) bond motifs is 6. The Balaban J connectivity index is 1.56. The van der Waals surface area contributed by atoms with E-state index in [4.69, 9.17) is 10.7 Å². The maximum atomic E-state index is 13.4. The fourth-order valence-electron chi connectivity index (χ4n) is 6.37. The molecule has 184 valence electrons. The van der Waals surface area contributed by atoms with Gasteiger partial charge in [-0.2, -0.15) is 5.26 Å². The summed E-state index contributed by atoms with van der Waals surface area (Å²) in [4.78, 5) is 21.4. The van der Waals surface area contributed by atoms with Crippen LogP contribution >= 0.6 is 0 Å². The molecule has 0 spiro atoms. The maximum Gasteiger partial charge on any atom is 0.269 e. The molecule has 0 unspecified atom stereocenters. The largest absolute Gasteiger partial charge is 0.369 e. The second-order valence-electron chi connectivity index (χ2n) is 10.2. The van der Waals surface area contributed by atoms with Crippen molar-refractivity contribution in [2.24, 2.45) is 11.1 Å². The lowest BCUT2D eigenvalue weighted by Crippen LogP contribution is -2.48. The van der Waals surface area contributed by atoms with Crippen molar-refractivity contribution in [1.82, 2.24) is 18.5 Å². The van der Waals surface area contributed by atoms with Gasteiger partial charge in [0.1, 0.15) is 11.3 Å². The van der Waals surface area contributed by atoms with Crippen LogP contribution in [0.15, 0.2) is 53.7 Å². The number of aromatic nitrogens is 4. The van der Waals surface area contributed by atoms with E-state index in [0.717, 1.165) is 44.0 Å². The smallest absolute Gasteiger partial charge is 0.269 e. The van der Waals surface area contributed by atoms with Gasteiger partial charge in [-0.3, -0.25) is 4.79 Å². The summed E-state index contributed by atoms with van der Waals surface area (Å²) in [5.74, 6) is 0.113. The van der Waals surface area contributed by atoms with Crippen molar-refractivity contribution in [2.75, 3.05) is 0 Å². The summed E-state index contributed by atoms with van der Waals surface area (Å²) >= 11 is 0. The molecular weight excluding hydrogens is 476 g/mol. The number of amides is 1. The first-order chi connectivity index (χ1) is 17.3. The molecule has 36 heavy (non-hydrogen) atoms. The minimum absolute atomic E-state index is 0.00964. The molecule has 3 aromatic heterocycles. The normalized spacial score (nSPS) is 23.8. The van der Waals surface area contributed by atoms with E-state index < -0.39 is 15.9 Å². The van der Waals surface area contributed by atoms with E-state index in [0.29, 0.717) is 28.8 Å². The number of nitriles is 1. The lowest BCUT2D eigenvalue weighted by Gasteiger charge is -2.54. The second kappa shape index (κ2) is 7.90. The van der Waals surface area contributed by atoms with Crippen molar-refractivity contribution in [1.29, 1.82) is 5.26 Å². The molecule has 1 aromatic carbocycles. The van der Waals surface area contributed by atoms with E-state index in [2.05, 4.69) is 15.6 Å². The number of imidazole rings is 1. The average molecular weight is 503 g/mol. The average Bonchev–Trinajstić information content (AvgIpc) is 3.47. The minimum atomic E-state index is -3.85. The summed E-state index contributed by atoms with van der Waals surface area (Å²) in [5, 5.41) is 10.0. The van der Waals surface area contributed by atoms with Crippen molar-refractivity contribution in [3.8, 4) is 6.07 Å². The van der Waals surface area contributed by atoms with Crippen molar-refractivity contribution in [3.05, 3.63) is 54.6 Å². The van der Waals surface area contributed by atoms with Gasteiger partial charge >= 0.3 is 0 Å². The number of carbonyl (C=O) groups is 1. The van der Waals surface area contributed by atoms with Gasteiger partial charge in [0.05, 0.1) is 29.1 Å². The zero-order chi connectivity index (χ0) is 25.1. The third-order valence-corrected chi connectivity index (χ3v) is 9.97. The van der Waals surface area contributed by atoms with E-state index in [-0.39, 0.29) is 22.3 Å². The summed E-state index contributed by atoms with van der Waals surface area (Å²) in [6.07, 6.45) is 9.10. The van der Waals surface area contributed by atoms with Gasteiger partial charge in [-0.25, -0.2) is 22.4 Å². The first-order valence-corrected chi connectivity index (χ1v) is 13.6. The summed E-state index contributed by atoms with van der Waals surface area (Å²) in [6, 6.07) is 12.4. The molecule has 3 saturated carbocycles. The molecule has 0 atom stereocenters. The molecule has 4 aromatic rings. The van der Waals surface area contributed by atoms with Gasteiger partial charge in [0.2, 0.25) is 5.91 Å². The Morgan fingerprint density at radius 3 is 2.42 bits per heavy atom. The first kappa shape index (κ1) is 22.7. The number of nitrogens with zero attached hydrogens (tertiary/aromatic N) is 5. The van der Waals surface area contributed by atoms with Crippen LogP contribution in [-0.2, 0) is 26.8 Å². The first-order valence-electron chi connectivity index (χ1n) is 12.1. The maximum absolute atomic E-state index is 13.4. The standard InChI is InChI=1S/C26H26N6O3S/c27-14-13-25-7-10-26(11-8-25,12-9-25)32-22(16-21(28)33)30-20-17-29-24-19(23(20)32)6-15-31(24)36(34,35)18-4-2-1-3-5-18/h1-6,15,17H,7-13,16H2,(H2,28,33). The molecule has 9 nitrogen and oxygen atoms in total. The Morgan fingerprint density at radius 2 is 1.78 bits per heavy atom. The van der Waals surface area contributed by atoms with Gasteiger partial charge in [-0.15, -0.1) is 0 Å². The summed E-state index contributed by atoms with van der Waals surface area (Å²) in [5.41, 5.74) is 7.14. The fourth-order valence-corrected chi connectivity index (χ4v) is 7.69. The van der Waals surface area contributed by atoms with Crippen molar-refractivity contribution in [3.63, 3.8) is 0 Å². The van der Waals surface area contributed by atoms with E-state index in [9.17, 15) is 18.5 Å². The Kier molecular flexibility index (Phi) is 4.99. The van der Waals surface area contributed by atoms with Crippen molar-refractivity contribution in [2.45, 2.75) is 61.8 Å². The molecule has 10 heteroatoms. The molecule has 1 amide bonds. The zero-order valence-corrected chi connectivity index (χ0v) is 20.5. The van der Waals surface area contributed by atoms with Crippen LogP contribution in [-0.4, -0.2) is 32.8 Å². The van der Waals surface area contributed by atoms with Gasteiger partial charge in [0, 0.05) is 23.5 Å². The molecule has 3 heterocycles. The molecule has 7 rings (SSSR count). The molecule has 2 bridgehead atoms. The number of hydrogen-bond acceptors (Lipinski definition) is 6. The number of primary amides is 1. The van der Waals surface area contributed by atoms with Gasteiger partial charge in [0.15, 0.2) is 5.65 Å². The highest BCUT2D eigenvalue weighted by Crippen LogP contribution is 2.58. The van der Waals surface area contributed by atoms with Crippen LogP contribution in [0.4, 0.5) is 0 Å². The summed E-state index contributed by atoms with van der Waals surface area (Å²) in [6.45, 7) is 0. The van der Waals surface area contributed by atoms with Gasteiger partial charge in [0.25, 0.3) is 10.0 Å². The van der Waals surface area contributed by atoms with Gasteiger partial charge in [-0.05, 0) is 62.1 Å². The molecule has 0 saturated heterocycles. The quantitative estimate of drug-likeness (QED) is 0.428. The van der Waals surface area contributed by atoms with E-state index in [1.807, 2.05) is 0 Å². The SMILES string of the molecule is N#CCC12CCC(n3c(CC(N)=O)nc4cnc5c(ccn5S(=O)(=O)c5ccccc5)c43)(CC1)CC2. The van der Waals surface area contributed by atoms with Crippen LogP contribution in [0.25, 0.3) is 22.1 Å². The lowest BCUT2D eigenvalue weighted by molar-refractivity contribution is -0.117. The number of hydrogen-bond donors (Lipinski definition) is 1. The molecule has 0 aliphatic heterocycles. The molecule has 3 aliphatic carbocycles. The Bertz CT molecular complexity index is 1640. The molecule has 2 N–H and O–H groups in total. The number of rotatable bonds is 6. The second-order valence-corrected chi connectivity index (χ2v) is 12.0. The van der Waals surface area contributed by atoms with E-state index in [1.165, 1.54) is 10.2 Å². The predicted octanol–water partition coefficient (Wildman–Crippen LogP) is 3.61. The van der Waals surface area contributed by atoms with Crippen LogP contribution in [0.5, 0.6) is 0 Å². The van der Waals surface area contributed by atoms with E-state index in [1.54, 1.807) is 42.6 Å². The highest BCUT2D eigenvalue weighted by molar-refractivity contribution is 7.90. The zero-order valence-electron chi connectivity index (χ0n) is 19.7. The predicted molar refractivity (Wildman–Crippen MR) is 133 cm³/mol. The monoisotopic (exact) mass is 502 g/mol. The van der Waals surface area contributed by atoms with Crippen LogP contribution < -0.4 is 5.73 Å². The number of nitrogens with two attached hydrogens (primary N) is 1. The van der Waals surface area contributed by atoms with Gasteiger partial charge in [-0.1, -0.05) is 18.2 Å². The van der Waals surface area contributed by atoms with E-state index >= 15 is 0 Å². The van der Waals surface area contributed by atoms with Crippen LogP contribution in [0, 0.1) is 16.7 Å². The van der Waals surface area contributed by atoms with Gasteiger partial charge < -0.3 is 10.3 Å². The Morgan fingerprint density at radius 1 is 1.08 bits per heavy atom. The molecule has 3 aliphatic rings. The minimum Gasteiger partial charge on any atom is -0.369 e. The Hall–Kier alpha value is -3.71. The number of carbonyl (C=O) groups excluding carboxylic acids is 1. The summed E-state index contributed by atoms with van der Waals surface area (Å²) < 4.78 is 30.2. The molecule has 0 radical (unpaired) electrons. The Labute approximate surface area is 208 Å². The number of benzene rings is 1. The van der Waals surface area contributed by atoms with Crippen LogP contribution in [0.1, 0.15) is 50.8 Å². The fraction of sp³-hybridized carbons (Fsp3) is 0.385. The third kappa shape index (κ3) is 3.26. The van der Waals surface area contributed by atoms with Crippen LogP contribution in [0.3, 0.4) is 0 Å². The highest BCUT2D eigenvalue weighted by Gasteiger charge is 2.50. The lowest BCUT2D eigenvalue weighted by atomic mass is 9.56. The highest BCUT2D eigenvalue weighted by atomic mass is 32.2. The molecule has 3 fully saturated rings.